The van der Waals surface area contributed by atoms with Gasteiger partial charge in [-0.15, -0.1) is 0 Å². The molecule has 5 heteroatoms. The molecule has 0 saturated carbocycles. The van der Waals surface area contributed by atoms with E-state index < -0.39 is 0 Å². The number of hydrogen-bond donors (Lipinski definition) is 1. The highest BCUT2D eigenvalue weighted by molar-refractivity contribution is 5.50. The van der Waals surface area contributed by atoms with E-state index in [1.807, 2.05) is 11.7 Å². The summed E-state index contributed by atoms with van der Waals surface area (Å²) < 4.78 is 7.40. The summed E-state index contributed by atoms with van der Waals surface area (Å²) in [4.78, 5) is 2.37. The molecule has 2 rings (SSSR count). The van der Waals surface area contributed by atoms with Gasteiger partial charge in [0.1, 0.15) is 5.82 Å². The fourth-order valence-corrected chi connectivity index (χ4v) is 2.32. The minimum absolute atomic E-state index is 0.810. The Kier molecular flexibility index (Phi) is 4.02. The summed E-state index contributed by atoms with van der Waals surface area (Å²) in [5, 5.41) is 7.92. The maximum atomic E-state index is 5.40. The standard InChI is InChI=1S/C12H22N4O/c1-4-13-9-11-10(2)14-15(3)12(11)16-5-7-17-8-6-16/h13H,4-9H2,1-3H3. The van der Waals surface area contributed by atoms with Gasteiger partial charge in [-0.05, 0) is 13.5 Å². The molecule has 1 N–H and O–H groups in total. The molecule has 0 spiro atoms. The largest absolute Gasteiger partial charge is 0.378 e. The molecule has 5 nitrogen and oxygen atoms in total. The van der Waals surface area contributed by atoms with E-state index in [-0.39, 0.29) is 0 Å². The van der Waals surface area contributed by atoms with E-state index in [1.165, 1.54) is 11.4 Å². The van der Waals surface area contributed by atoms with Crippen LogP contribution in [0.3, 0.4) is 0 Å². The van der Waals surface area contributed by atoms with E-state index in [9.17, 15) is 0 Å². The smallest absolute Gasteiger partial charge is 0.131 e. The van der Waals surface area contributed by atoms with Crippen molar-refractivity contribution in [1.82, 2.24) is 15.1 Å². The van der Waals surface area contributed by atoms with Gasteiger partial charge in [-0.25, -0.2) is 0 Å². The first-order chi connectivity index (χ1) is 8.24. The summed E-state index contributed by atoms with van der Waals surface area (Å²) in [5.41, 5.74) is 2.44. The van der Waals surface area contributed by atoms with E-state index in [0.717, 1.165) is 45.1 Å². The summed E-state index contributed by atoms with van der Waals surface area (Å²) in [6, 6.07) is 0. The number of nitrogens with zero attached hydrogens (tertiary/aromatic N) is 3. The van der Waals surface area contributed by atoms with Gasteiger partial charge in [-0.2, -0.15) is 5.10 Å². The predicted octanol–water partition coefficient (Wildman–Crippen LogP) is 0.675. The zero-order chi connectivity index (χ0) is 12.3. The van der Waals surface area contributed by atoms with Crippen molar-refractivity contribution in [2.75, 3.05) is 37.7 Å². The van der Waals surface area contributed by atoms with Crippen LogP contribution in [0.2, 0.25) is 0 Å². The molecule has 1 aliphatic rings. The predicted molar refractivity (Wildman–Crippen MR) is 68.4 cm³/mol. The number of anilines is 1. The lowest BCUT2D eigenvalue weighted by Gasteiger charge is -2.29. The van der Waals surface area contributed by atoms with Crippen LogP contribution >= 0.6 is 0 Å². The molecular formula is C12H22N4O. The van der Waals surface area contributed by atoms with Gasteiger partial charge in [-0.3, -0.25) is 4.68 Å². The van der Waals surface area contributed by atoms with Crippen LogP contribution in [-0.2, 0) is 18.3 Å². The molecule has 1 fully saturated rings. The summed E-state index contributed by atoms with van der Waals surface area (Å²) in [6.07, 6.45) is 0. The van der Waals surface area contributed by atoms with Crippen LogP contribution in [0.4, 0.5) is 5.82 Å². The molecule has 1 saturated heterocycles. The third-order valence-corrected chi connectivity index (χ3v) is 3.18. The first kappa shape index (κ1) is 12.4. The van der Waals surface area contributed by atoms with Crippen molar-refractivity contribution in [3.63, 3.8) is 0 Å². The third-order valence-electron chi connectivity index (χ3n) is 3.18. The molecule has 2 heterocycles. The number of rotatable bonds is 4. The second-order valence-electron chi connectivity index (χ2n) is 4.39. The Labute approximate surface area is 103 Å². The SMILES string of the molecule is CCNCc1c(C)nn(C)c1N1CCOCC1. The molecule has 1 aromatic heterocycles. The fraction of sp³-hybridized carbons (Fsp3) is 0.750. The average molecular weight is 238 g/mol. The molecule has 0 bridgehead atoms. The van der Waals surface area contributed by atoms with Gasteiger partial charge in [0.05, 0.1) is 18.9 Å². The highest BCUT2D eigenvalue weighted by atomic mass is 16.5. The topological polar surface area (TPSA) is 42.3 Å². The van der Waals surface area contributed by atoms with Crippen molar-refractivity contribution in [3.8, 4) is 0 Å². The van der Waals surface area contributed by atoms with Crippen LogP contribution in [0.15, 0.2) is 0 Å². The fourth-order valence-electron chi connectivity index (χ4n) is 2.32. The first-order valence-electron chi connectivity index (χ1n) is 6.30. The third kappa shape index (κ3) is 2.61. The first-order valence-corrected chi connectivity index (χ1v) is 6.30. The summed E-state index contributed by atoms with van der Waals surface area (Å²) in [6.45, 7) is 9.61. The van der Waals surface area contributed by atoms with Crippen LogP contribution in [-0.4, -0.2) is 42.6 Å². The zero-order valence-electron chi connectivity index (χ0n) is 11.0. The van der Waals surface area contributed by atoms with Gasteiger partial charge in [0.15, 0.2) is 0 Å². The van der Waals surface area contributed by atoms with Gasteiger partial charge in [-0.1, -0.05) is 6.92 Å². The van der Waals surface area contributed by atoms with Gasteiger partial charge in [0.2, 0.25) is 0 Å². The number of aromatic nitrogens is 2. The van der Waals surface area contributed by atoms with E-state index in [4.69, 9.17) is 4.74 Å². The van der Waals surface area contributed by atoms with Crippen molar-refractivity contribution < 1.29 is 4.74 Å². The molecular weight excluding hydrogens is 216 g/mol. The molecule has 0 aliphatic carbocycles. The highest BCUT2D eigenvalue weighted by Crippen LogP contribution is 2.23. The van der Waals surface area contributed by atoms with Crippen LogP contribution in [0.5, 0.6) is 0 Å². The van der Waals surface area contributed by atoms with Gasteiger partial charge in [0, 0.05) is 32.2 Å². The second kappa shape index (κ2) is 5.51. The number of aryl methyl sites for hydroxylation is 2. The van der Waals surface area contributed by atoms with E-state index in [1.54, 1.807) is 0 Å². The second-order valence-corrected chi connectivity index (χ2v) is 4.39. The van der Waals surface area contributed by atoms with Gasteiger partial charge < -0.3 is 15.0 Å². The normalized spacial score (nSPS) is 16.5. The number of morpholine rings is 1. The van der Waals surface area contributed by atoms with Gasteiger partial charge in [0.25, 0.3) is 0 Å². The lowest BCUT2D eigenvalue weighted by atomic mass is 10.2. The summed E-state index contributed by atoms with van der Waals surface area (Å²) >= 11 is 0. The molecule has 1 aromatic rings. The number of hydrogen-bond acceptors (Lipinski definition) is 4. The van der Waals surface area contributed by atoms with Crippen LogP contribution in [0.25, 0.3) is 0 Å². The molecule has 0 atom stereocenters. The monoisotopic (exact) mass is 238 g/mol. The Balaban J connectivity index is 2.23. The molecule has 17 heavy (non-hydrogen) atoms. The van der Waals surface area contributed by atoms with E-state index >= 15 is 0 Å². The number of ether oxygens (including phenoxy) is 1. The zero-order valence-corrected chi connectivity index (χ0v) is 11.0. The Morgan fingerprint density at radius 3 is 2.71 bits per heavy atom. The quantitative estimate of drug-likeness (QED) is 0.837. The van der Waals surface area contributed by atoms with Crippen LogP contribution in [0, 0.1) is 6.92 Å². The summed E-state index contributed by atoms with van der Waals surface area (Å²) in [7, 11) is 2.02. The molecule has 96 valence electrons. The average Bonchev–Trinajstić information content (AvgIpc) is 2.62. The van der Waals surface area contributed by atoms with Crippen molar-refractivity contribution in [2.45, 2.75) is 20.4 Å². The Morgan fingerprint density at radius 2 is 2.06 bits per heavy atom. The number of nitrogens with one attached hydrogen (secondary N) is 1. The van der Waals surface area contributed by atoms with E-state index in [0.29, 0.717) is 0 Å². The lowest BCUT2D eigenvalue weighted by molar-refractivity contribution is 0.122. The minimum atomic E-state index is 0.810. The minimum Gasteiger partial charge on any atom is -0.378 e. The van der Waals surface area contributed by atoms with Crippen LogP contribution in [0.1, 0.15) is 18.2 Å². The summed E-state index contributed by atoms with van der Waals surface area (Å²) in [5.74, 6) is 1.24. The Morgan fingerprint density at radius 1 is 1.35 bits per heavy atom. The Hall–Kier alpha value is -1.07. The van der Waals surface area contributed by atoms with Gasteiger partial charge >= 0.3 is 0 Å². The van der Waals surface area contributed by atoms with Crippen molar-refractivity contribution >= 4 is 5.82 Å². The van der Waals surface area contributed by atoms with E-state index in [2.05, 4.69) is 29.2 Å². The van der Waals surface area contributed by atoms with Crippen molar-refractivity contribution in [3.05, 3.63) is 11.3 Å². The Bertz CT molecular complexity index is 369. The molecule has 0 aromatic carbocycles. The lowest BCUT2D eigenvalue weighted by Crippen LogP contribution is -2.38. The van der Waals surface area contributed by atoms with Crippen molar-refractivity contribution in [2.24, 2.45) is 7.05 Å². The maximum Gasteiger partial charge on any atom is 0.131 e. The molecule has 0 radical (unpaired) electrons. The van der Waals surface area contributed by atoms with Crippen molar-refractivity contribution in [1.29, 1.82) is 0 Å². The molecule has 0 unspecified atom stereocenters. The molecule has 1 aliphatic heterocycles. The van der Waals surface area contributed by atoms with Crippen LogP contribution < -0.4 is 10.2 Å². The highest BCUT2D eigenvalue weighted by Gasteiger charge is 2.20. The molecule has 0 amide bonds. The maximum absolute atomic E-state index is 5.40.